The lowest BCUT2D eigenvalue weighted by Gasteiger charge is -2.29. The topological polar surface area (TPSA) is 51.2 Å². The van der Waals surface area contributed by atoms with Gasteiger partial charge in [0.05, 0.1) is 11.1 Å². The highest BCUT2D eigenvalue weighted by Gasteiger charge is 2.35. The Bertz CT molecular complexity index is 742. The number of benzene rings is 1. The predicted octanol–water partition coefficient (Wildman–Crippen LogP) is 4.22. The van der Waals surface area contributed by atoms with E-state index in [2.05, 4.69) is 10.3 Å². The number of amides is 1. The number of carbonyl (C=O) groups is 1. The van der Waals surface area contributed by atoms with Crippen molar-refractivity contribution in [2.45, 2.75) is 44.0 Å². The van der Waals surface area contributed by atoms with Crippen LogP contribution in [-0.4, -0.2) is 23.0 Å². The van der Waals surface area contributed by atoms with E-state index in [1.807, 2.05) is 6.07 Å². The Morgan fingerprint density at radius 2 is 1.73 bits per heavy atom. The fourth-order valence-corrected chi connectivity index (χ4v) is 3.10. The first-order valence-electron chi connectivity index (χ1n) is 8.48. The summed E-state index contributed by atoms with van der Waals surface area (Å²) in [6.45, 7) is 0. The third-order valence-electron chi connectivity index (χ3n) is 4.41. The fourth-order valence-electron chi connectivity index (χ4n) is 3.10. The van der Waals surface area contributed by atoms with Crippen LogP contribution in [0.25, 0.3) is 0 Å². The molecular weight excluding hydrogens is 345 g/mol. The molecule has 0 saturated heterocycles. The highest BCUT2D eigenvalue weighted by molar-refractivity contribution is 5.96. The van der Waals surface area contributed by atoms with Gasteiger partial charge in [0.25, 0.3) is 5.91 Å². The molecule has 0 aliphatic heterocycles. The van der Waals surface area contributed by atoms with Crippen LogP contribution in [0.4, 0.5) is 13.2 Å². The molecule has 0 bridgehead atoms. The Hall–Kier alpha value is -2.57. The third kappa shape index (κ3) is 4.53. The molecule has 0 radical (unpaired) electrons. The van der Waals surface area contributed by atoms with Gasteiger partial charge in [-0.2, -0.15) is 13.2 Å². The molecule has 7 heteroatoms. The molecule has 1 aliphatic carbocycles. The second-order valence-electron chi connectivity index (χ2n) is 6.28. The molecule has 0 unspecified atom stereocenters. The summed E-state index contributed by atoms with van der Waals surface area (Å²) in [6, 6.07) is 10.1. The summed E-state index contributed by atoms with van der Waals surface area (Å²) < 4.78 is 44.9. The van der Waals surface area contributed by atoms with E-state index in [9.17, 15) is 18.0 Å². The maximum absolute atomic E-state index is 13.0. The van der Waals surface area contributed by atoms with Crippen LogP contribution in [0.2, 0.25) is 0 Å². The number of carbonyl (C=O) groups excluding carboxylic acids is 1. The average molecular weight is 364 g/mol. The number of aromatic nitrogens is 1. The zero-order valence-corrected chi connectivity index (χ0v) is 14.0. The number of pyridine rings is 1. The first-order chi connectivity index (χ1) is 12.4. The quantitative estimate of drug-likeness (QED) is 0.884. The van der Waals surface area contributed by atoms with Crippen molar-refractivity contribution in [1.29, 1.82) is 0 Å². The molecule has 0 spiro atoms. The summed E-state index contributed by atoms with van der Waals surface area (Å²) in [5.41, 5.74) is -1.25. The Balaban J connectivity index is 1.56. The van der Waals surface area contributed by atoms with Crippen molar-refractivity contribution in [3.05, 3.63) is 59.8 Å². The largest absolute Gasteiger partial charge is 0.474 e. The van der Waals surface area contributed by atoms with Crippen molar-refractivity contribution < 1.29 is 22.7 Å². The molecule has 1 aromatic carbocycles. The van der Waals surface area contributed by atoms with Gasteiger partial charge in [-0.05, 0) is 43.9 Å². The number of hydrogen-bond donors (Lipinski definition) is 1. The first kappa shape index (κ1) is 18.2. The van der Waals surface area contributed by atoms with Gasteiger partial charge < -0.3 is 10.1 Å². The second-order valence-corrected chi connectivity index (χ2v) is 6.28. The molecular formula is C19H19F3N2O2. The normalized spacial score (nSPS) is 20.4. The summed E-state index contributed by atoms with van der Waals surface area (Å²) in [4.78, 5) is 16.4. The third-order valence-corrected chi connectivity index (χ3v) is 4.41. The van der Waals surface area contributed by atoms with Gasteiger partial charge in [-0.25, -0.2) is 4.98 Å². The lowest BCUT2D eigenvalue weighted by Crippen LogP contribution is -2.40. The number of alkyl halides is 3. The fraction of sp³-hybridized carbons (Fsp3) is 0.368. The van der Waals surface area contributed by atoms with E-state index in [0.717, 1.165) is 6.07 Å². The summed E-state index contributed by atoms with van der Waals surface area (Å²) >= 11 is 0. The molecule has 0 atom stereocenters. The van der Waals surface area contributed by atoms with E-state index < -0.39 is 17.6 Å². The molecule has 1 saturated carbocycles. The van der Waals surface area contributed by atoms with Crippen molar-refractivity contribution in [2.24, 2.45) is 0 Å². The van der Waals surface area contributed by atoms with Crippen molar-refractivity contribution in [3.8, 4) is 5.88 Å². The van der Waals surface area contributed by atoms with Gasteiger partial charge in [0, 0.05) is 18.3 Å². The number of halogens is 3. The smallest absolute Gasteiger partial charge is 0.417 e. The van der Waals surface area contributed by atoms with Gasteiger partial charge in [0.15, 0.2) is 0 Å². The minimum atomic E-state index is -4.55. The monoisotopic (exact) mass is 364 g/mol. The molecule has 1 heterocycles. The molecule has 2 aromatic rings. The van der Waals surface area contributed by atoms with Crippen molar-refractivity contribution in [2.75, 3.05) is 0 Å². The maximum Gasteiger partial charge on any atom is 0.417 e. The van der Waals surface area contributed by atoms with Crippen LogP contribution in [0.5, 0.6) is 5.88 Å². The highest BCUT2D eigenvalue weighted by atomic mass is 19.4. The van der Waals surface area contributed by atoms with Crippen LogP contribution >= 0.6 is 0 Å². The molecule has 1 aliphatic rings. The van der Waals surface area contributed by atoms with E-state index >= 15 is 0 Å². The predicted molar refractivity (Wildman–Crippen MR) is 89.8 cm³/mol. The molecule has 4 nitrogen and oxygen atoms in total. The van der Waals surface area contributed by atoms with Crippen LogP contribution in [0, 0.1) is 0 Å². The van der Waals surface area contributed by atoms with E-state index in [1.165, 1.54) is 18.2 Å². The van der Waals surface area contributed by atoms with Gasteiger partial charge in [-0.1, -0.05) is 18.2 Å². The zero-order valence-electron chi connectivity index (χ0n) is 14.0. The lowest BCUT2D eigenvalue weighted by molar-refractivity contribution is -0.137. The molecule has 3 rings (SSSR count). The maximum atomic E-state index is 13.0. The Morgan fingerprint density at radius 3 is 2.38 bits per heavy atom. The van der Waals surface area contributed by atoms with Crippen molar-refractivity contribution >= 4 is 5.91 Å². The number of nitrogens with one attached hydrogen (secondary N) is 1. The second kappa shape index (κ2) is 7.76. The average Bonchev–Trinajstić information content (AvgIpc) is 2.63. The van der Waals surface area contributed by atoms with Crippen molar-refractivity contribution in [1.82, 2.24) is 10.3 Å². The van der Waals surface area contributed by atoms with Gasteiger partial charge in [-0.3, -0.25) is 4.79 Å². The zero-order chi connectivity index (χ0) is 18.6. The molecule has 1 amide bonds. The Kier molecular flexibility index (Phi) is 5.44. The Morgan fingerprint density at radius 1 is 1.04 bits per heavy atom. The van der Waals surface area contributed by atoms with Crippen LogP contribution in [-0.2, 0) is 6.18 Å². The molecule has 1 N–H and O–H groups in total. The number of hydrogen-bond acceptors (Lipinski definition) is 3. The van der Waals surface area contributed by atoms with Gasteiger partial charge in [-0.15, -0.1) is 0 Å². The Labute approximate surface area is 149 Å². The SMILES string of the molecule is O=C(NC1CCC(Oc2ccccn2)CC1)c1ccccc1C(F)(F)F. The van der Waals surface area contributed by atoms with Gasteiger partial charge in [0.2, 0.25) is 5.88 Å². The summed E-state index contributed by atoms with van der Waals surface area (Å²) in [7, 11) is 0. The van der Waals surface area contributed by atoms with E-state index in [0.29, 0.717) is 31.6 Å². The van der Waals surface area contributed by atoms with E-state index in [1.54, 1.807) is 18.3 Å². The minimum absolute atomic E-state index is 0.000475. The van der Waals surface area contributed by atoms with E-state index in [-0.39, 0.29) is 17.7 Å². The van der Waals surface area contributed by atoms with Gasteiger partial charge in [0.1, 0.15) is 6.10 Å². The highest BCUT2D eigenvalue weighted by Crippen LogP contribution is 2.32. The number of ether oxygens (including phenoxy) is 1. The molecule has 1 fully saturated rings. The van der Waals surface area contributed by atoms with Crippen molar-refractivity contribution in [3.63, 3.8) is 0 Å². The van der Waals surface area contributed by atoms with Crippen LogP contribution in [0.15, 0.2) is 48.7 Å². The summed E-state index contributed by atoms with van der Waals surface area (Å²) in [5, 5.41) is 2.72. The van der Waals surface area contributed by atoms with Gasteiger partial charge >= 0.3 is 6.18 Å². The standard InChI is InChI=1S/C19H19F3N2O2/c20-19(21,22)16-6-2-1-5-15(16)18(25)24-13-8-10-14(11-9-13)26-17-7-3-4-12-23-17/h1-7,12-14H,8-11H2,(H,24,25). The number of rotatable bonds is 4. The summed E-state index contributed by atoms with van der Waals surface area (Å²) in [6.07, 6.45) is -0.179. The minimum Gasteiger partial charge on any atom is -0.474 e. The number of nitrogens with zero attached hydrogens (tertiary/aromatic N) is 1. The van der Waals surface area contributed by atoms with Crippen LogP contribution in [0.3, 0.4) is 0 Å². The summed E-state index contributed by atoms with van der Waals surface area (Å²) in [5.74, 6) is -0.133. The molecule has 1 aromatic heterocycles. The lowest BCUT2D eigenvalue weighted by atomic mass is 9.92. The first-order valence-corrected chi connectivity index (χ1v) is 8.48. The van der Waals surface area contributed by atoms with E-state index in [4.69, 9.17) is 4.74 Å². The van der Waals surface area contributed by atoms with Crippen LogP contribution < -0.4 is 10.1 Å². The molecule has 138 valence electrons. The van der Waals surface area contributed by atoms with Crippen LogP contribution in [0.1, 0.15) is 41.6 Å². The molecule has 26 heavy (non-hydrogen) atoms.